The molecule has 0 aliphatic rings. The van der Waals surface area contributed by atoms with E-state index in [1.807, 2.05) is 31.2 Å². The number of Topliss-reactive ketones (excluding diaryl/α,β-unsaturated/α-hetero) is 1. The Kier molecular flexibility index (Phi) is 4.99. The summed E-state index contributed by atoms with van der Waals surface area (Å²) >= 11 is 0. The van der Waals surface area contributed by atoms with Crippen molar-refractivity contribution in [3.63, 3.8) is 0 Å². The molecule has 1 unspecified atom stereocenters. The van der Waals surface area contributed by atoms with Gasteiger partial charge in [-0.15, -0.1) is 0 Å². The Morgan fingerprint density at radius 1 is 1.44 bits per heavy atom. The van der Waals surface area contributed by atoms with Gasteiger partial charge in [0.25, 0.3) is 0 Å². The van der Waals surface area contributed by atoms with Gasteiger partial charge in [0.1, 0.15) is 11.5 Å². The monoisotopic (exact) mass is 221 g/mol. The Labute approximate surface area is 96.6 Å². The highest BCUT2D eigenvalue weighted by Crippen LogP contribution is 2.19. The van der Waals surface area contributed by atoms with E-state index in [4.69, 9.17) is 10.5 Å². The number of hydrogen-bond donors (Lipinski definition) is 1. The van der Waals surface area contributed by atoms with Crippen LogP contribution in [0.3, 0.4) is 0 Å². The van der Waals surface area contributed by atoms with E-state index < -0.39 is 0 Å². The van der Waals surface area contributed by atoms with E-state index in [9.17, 15) is 4.79 Å². The fourth-order valence-corrected chi connectivity index (χ4v) is 1.61. The maximum atomic E-state index is 11.7. The third-order valence-corrected chi connectivity index (χ3v) is 2.56. The lowest BCUT2D eigenvalue weighted by atomic mass is 9.99. The minimum absolute atomic E-state index is 0.211. The number of hydrogen-bond acceptors (Lipinski definition) is 3. The Balaban J connectivity index is 2.62. The first-order valence-corrected chi connectivity index (χ1v) is 5.51. The van der Waals surface area contributed by atoms with Crippen LogP contribution >= 0.6 is 0 Å². The summed E-state index contributed by atoms with van der Waals surface area (Å²) in [6, 6.07) is 7.60. The van der Waals surface area contributed by atoms with Crippen molar-refractivity contribution in [2.75, 3.05) is 13.7 Å². The van der Waals surface area contributed by atoms with Crippen molar-refractivity contribution in [2.24, 2.45) is 11.7 Å². The van der Waals surface area contributed by atoms with E-state index >= 15 is 0 Å². The molecule has 1 aromatic carbocycles. The summed E-state index contributed by atoms with van der Waals surface area (Å²) in [6.45, 7) is 2.54. The lowest BCUT2D eigenvalue weighted by molar-refractivity contribution is -0.119. The molecule has 0 amide bonds. The molecule has 3 nitrogen and oxygen atoms in total. The van der Waals surface area contributed by atoms with Crippen LogP contribution in [-0.2, 0) is 11.2 Å². The van der Waals surface area contributed by atoms with E-state index in [-0.39, 0.29) is 11.7 Å². The summed E-state index contributed by atoms with van der Waals surface area (Å²) in [5, 5.41) is 0. The third-order valence-electron chi connectivity index (χ3n) is 2.56. The van der Waals surface area contributed by atoms with E-state index in [0.29, 0.717) is 19.4 Å². The molecular formula is C13H19NO2. The molecule has 1 rings (SSSR count). The zero-order valence-corrected chi connectivity index (χ0v) is 9.90. The minimum atomic E-state index is 0.211. The quantitative estimate of drug-likeness (QED) is 0.796. The number of rotatable bonds is 6. The van der Waals surface area contributed by atoms with E-state index in [1.54, 1.807) is 7.11 Å². The van der Waals surface area contributed by atoms with Crippen LogP contribution in [-0.4, -0.2) is 19.4 Å². The number of ether oxygens (including phenoxy) is 1. The van der Waals surface area contributed by atoms with Crippen LogP contribution in [0.4, 0.5) is 0 Å². The molecule has 0 bridgehead atoms. The molecule has 1 atom stereocenters. The van der Waals surface area contributed by atoms with Crippen molar-refractivity contribution in [1.82, 2.24) is 0 Å². The van der Waals surface area contributed by atoms with Gasteiger partial charge in [0.15, 0.2) is 0 Å². The van der Waals surface area contributed by atoms with Gasteiger partial charge in [-0.1, -0.05) is 25.1 Å². The SMILES string of the molecule is COc1ccccc1CC(=O)CC(C)CN. The van der Waals surface area contributed by atoms with Crippen LogP contribution < -0.4 is 10.5 Å². The lowest BCUT2D eigenvalue weighted by Crippen LogP contribution is -2.16. The number of benzene rings is 1. The van der Waals surface area contributed by atoms with Gasteiger partial charge in [0.05, 0.1) is 7.11 Å². The minimum Gasteiger partial charge on any atom is -0.496 e. The molecule has 0 aliphatic heterocycles. The Morgan fingerprint density at radius 2 is 2.12 bits per heavy atom. The molecule has 0 aromatic heterocycles. The summed E-state index contributed by atoms with van der Waals surface area (Å²) in [4.78, 5) is 11.7. The summed E-state index contributed by atoms with van der Waals surface area (Å²) in [6.07, 6.45) is 0.961. The molecule has 1 aromatic rings. The van der Waals surface area contributed by atoms with Gasteiger partial charge < -0.3 is 10.5 Å². The summed E-state index contributed by atoms with van der Waals surface area (Å²) < 4.78 is 5.20. The molecule has 0 spiro atoms. The zero-order valence-electron chi connectivity index (χ0n) is 9.90. The highest BCUT2D eigenvalue weighted by atomic mass is 16.5. The van der Waals surface area contributed by atoms with Crippen LogP contribution in [0, 0.1) is 5.92 Å². The highest BCUT2D eigenvalue weighted by Gasteiger charge is 2.11. The molecule has 3 heteroatoms. The molecule has 0 saturated carbocycles. The lowest BCUT2D eigenvalue weighted by Gasteiger charge is -2.09. The van der Waals surface area contributed by atoms with Gasteiger partial charge in [0.2, 0.25) is 0 Å². The molecule has 0 fully saturated rings. The van der Waals surface area contributed by atoms with Gasteiger partial charge in [-0.05, 0) is 18.5 Å². The van der Waals surface area contributed by atoms with Crippen LogP contribution in [0.2, 0.25) is 0 Å². The van der Waals surface area contributed by atoms with Gasteiger partial charge in [0, 0.05) is 18.4 Å². The Bertz CT molecular complexity index is 350. The first-order valence-electron chi connectivity index (χ1n) is 5.51. The Hall–Kier alpha value is -1.35. The Morgan fingerprint density at radius 3 is 2.75 bits per heavy atom. The summed E-state index contributed by atoms with van der Waals surface area (Å²) in [5.41, 5.74) is 6.44. The van der Waals surface area contributed by atoms with Crippen molar-refractivity contribution < 1.29 is 9.53 Å². The van der Waals surface area contributed by atoms with Crippen LogP contribution in [0.1, 0.15) is 18.9 Å². The number of para-hydroxylation sites is 1. The van der Waals surface area contributed by atoms with Crippen molar-refractivity contribution >= 4 is 5.78 Å². The van der Waals surface area contributed by atoms with Crippen molar-refractivity contribution in [3.05, 3.63) is 29.8 Å². The zero-order chi connectivity index (χ0) is 12.0. The summed E-state index contributed by atoms with van der Waals surface area (Å²) in [5.74, 6) is 1.24. The van der Waals surface area contributed by atoms with E-state index in [2.05, 4.69) is 0 Å². The topological polar surface area (TPSA) is 52.3 Å². The second-order valence-electron chi connectivity index (χ2n) is 4.07. The average molecular weight is 221 g/mol. The van der Waals surface area contributed by atoms with Gasteiger partial charge in [-0.2, -0.15) is 0 Å². The standard InChI is InChI=1S/C13H19NO2/c1-10(9-14)7-12(15)8-11-5-3-4-6-13(11)16-2/h3-6,10H,7-9,14H2,1-2H3. The van der Waals surface area contributed by atoms with Gasteiger partial charge in [-0.3, -0.25) is 4.79 Å². The number of nitrogens with two attached hydrogens (primary N) is 1. The number of methoxy groups -OCH3 is 1. The number of carbonyl (C=O) groups excluding carboxylic acids is 1. The molecule has 0 heterocycles. The van der Waals surface area contributed by atoms with Gasteiger partial charge >= 0.3 is 0 Å². The molecule has 0 radical (unpaired) electrons. The molecule has 0 aliphatic carbocycles. The normalized spacial score (nSPS) is 12.2. The van der Waals surface area contributed by atoms with Crippen molar-refractivity contribution in [1.29, 1.82) is 0 Å². The first-order chi connectivity index (χ1) is 7.67. The molecule has 16 heavy (non-hydrogen) atoms. The maximum absolute atomic E-state index is 11.7. The van der Waals surface area contributed by atoms with Crippen LogP contribution in [0.25, 0.3) is 0 Å². The third kappa shape index (κ3) is 3.66. The smallest absolute Gasteiger partial charge is 0.137 e. The van der Waals surface area contributed by atoms with Crippen LogP contribution in [0.15, 0.2) is 24.3 Å². The molecule has 88 valence electrons. The summed E-state index contributed by atoms with van der Waals surface area (Å²) in [7, 11) is 1.62. The molecule has 0 saturated heterocycles. The number of ketones is 1. The van der Waals surface area contributed by atoms with E-state index in [1.165, 1.54) is 0 Å². The molecule has 2 N–H and O–H groups in total. The predicted molar refractivity (Wildman–Crippen MR) is 64.5 cm³/mol. The second-order valence-corrected chi connectivity index (χ2v) is 4.07. The van der Waals surface area contributed by atoms with Crippen molar-refractivity contribution in [2.45, 2.75) is 19.8 Å². The van der Waals surface area contributed by atoms with Crippen LogP contribution in [0.5, 0.6) is 5.75 Å². The van der Waals surface area contributed by atoms with Crippen molar-refractivity contribution in [3.8, 4) is 5.75 Å². The van der Waals surface area contributed by atoms with E-state index in [0.717, 1.165) is 11.3 Å². The average Bonchev–Trinajstić information content (AvgIpc) is 2.29. The predicted octanol–water partition coefficient (Wildman–Crippen LogP) is 1.79. The molecular weight excluding hydrogens is 202 g/mol. The number of carbonyl (C=O) groups is 1. The largest absolute Gasteiger partial charge is 0.496 e. The first kappa shape index (κ1) is 12.7. The fourth-order valence-electron chi connectivity index (χ4n) is 1.61. The highest BCUT2D eigenvalue weighted by molar-refractivity contribution is 5.81. The van der Waals surface area contributed by atoms with Gasteiger partial charge in [-0.25, -0.2) is 0 Å². The fraction of sp³-hybridized carbons (Fsp3) is 0.462. The second kappa shape index (κ2) is 6.28. The maximum Gasteiger partial charge on any atom is 0.137 e.